The van der Waals surface area contributed by atoms with Crippen LogP contribution in [0.5, 0.6) is 0 Å². The van der Waals surface area contributed by atoms with Crippen LogP contribution < -0.4 is 4.46 Å². The predicted octanol–water partition coefficient (Wildman–Crippen LogP) is 2.77. The van der Waals surface area contributed by atoms with Crippen molar-refractivity contribution in [3.05, 3.63) is 60.7 Å². The molecular formula is C13H12SSe. The second kappa shape index (κ2) is 6.02. The average molecular weight is 279 g/mol. The van der Waals surface area contributed by atoms with E-state index in [1.807, 2.05) is 11.8 Å². The van der Waals surface area contributed by atoms with Gasteiger partial charge in [0, 0.05) is 0 Å². The summed E-state index contributed by atoms with van der Waals surface area (Å²) in [4.78, 5) is 1.37. The van der Waals surface area contributed by atoms with Crippen molar-refractivity contribution in [2.45, 2.75) is 4.90 Å². The minimum atomic E-state index is 0.585. The third kappa shape index (κ3) is 3.75. The molecule has 0 aliphatic rings. The SMILES string of the molecule is c1ccc(SC[Se]c2ccccc2)cc1. The van der Waals surface area contributed by atoms with Gasteiger partial charge >= 0.3 is 101 Å². The van der Waals surface area contributed by atoms with E-state index < -0.39 is 0 Å². The van der Waals surface area contributed by atoms with Gasteiger partial charge in [0.2, 0.25) is 0 Å². The van der Waals surface area contributed by atoms with Gasteiger partial charge in [0.1, 0.15) is 0 Å². The molecule has 0 N–H and O–H groups in total. The molecule has 2 heteroatoms. The van der Waals surface area contributed by atoms with Gasteiger partial charge in [0.05, 0.1) is 0 Å². The molecule has 15 heavy (non-hydrogen) atoms. The molecule has 0 saturated carbocycles. The Kier molecular flexibility index (Phi) is 4.34. The van der Waals surface area contributed by atoms with E-state index in [9.17, 15) is 0 Å². The Bertz CT molecular complexity index is 346. The summed E-state index contributed by atoms with van der Waals surface area (Å²) in [6.45, 7) is 0. The molecule has 0 unspecified atom stereocenters. The second-order valence-electron chi connectivity index (χ2n) is 3.03. The van der Waals surface area contributed by atoms with E-state index in [0.29, 0.717) is 15.0 Å². The fraction of sp³-hybridized carbons (Fsp3) is 0.0769. The topological polar surface area (TPSA) is 0 Å². The summed E-state index contributed by atoms with van der Waals surface area (Å²) in [6, 6.07) is 21.3. The van der Waals surface area contributed by atoms with E-state index in [4.69, 9.17) is 0 Å². The quantitative estimate of drug-likeness (QED) is 0.612. The van der Waals surface area contributed by atoms with E-state index in [0.717, 1.165) is 0 Å². The third-order valence-electron chi connectivity index (χ3n) is 1.94. The Morgan fingerprint density at radius 3 is 2.07 bits per heavy atom. The molecule has 0 aromatic heterocycles. The Morgan fingerprint density at radius 1 is 0.800 bits per heavy atom. The Balaban J connectivity index is 1.81. The van der Waals surface area contributed by atoms with Gasteiger partial charge in [-0.1, -0.05) is 0 Å². The van der Waals surface area contributed by atoms with Crippen molar-refractivity contribution in [2.75, 3.05) is 4.65 Å². The fourth-order valence-electron chi connectivity index (χ4n) is 1.20. The van der Waals surface area contributed by atoms with Crippen molar-refractivity contribution in [3.63, 3.8) is 0 Å². The van der Waals surface area contributed by atoms with Gasteiger partial charge in [-0.15, -0.1) is 0 Å². The molecule has 2 aromatic carbocycles. The first-order chi connectivity index (χ1) is 7.45. The molecule has 0 spiro atoms. The summed E-state index contributed by atoms with van der Waals surface area (Å²) in [7, 11) is 0. The molecule has 0 amide bonds. The number of hydrogen-bond acceptors (Lipinski definition) is 1. The summed E-state index contributed by atoms with van der Waals surface area (Å²) >= 11 is 2.53. The van der Waals surface area contributed by atoms with Crippen molar-refractivity contribution >= 4 is 31.2 Å². The first-order valence-electron chi connectivity index (χ1n) is 4.81. The van der Waals surface area contributed by atoms with Gasteiger partial charge in [-0.2, -0.15) is 0 Å². The molecule has 76 valence electrons. The van der Waals surface area contributed by atoms with Gasteiger partial charge in [0.25, 0.3) is 0 Å². The van der Waals surface area contributed by atoms with Crippen molar-refractivity contribution < 1.29 is 0 Å². The van der Waals surface area contributed by atoms with Crippen LogP contribution in [-0.2, 0) is 0 Å². The number of hydrogen-bond donors (Lipinski definition) is 0. The second-order valence-corrected chi connectivity index (χ2v) is 7.11. The zero-order valence-corrected chi connectivity index (χ0v) is 10.8. The van der Waals surface area contributed by atoms with Crippen LogP contribution in [0.15, 0.2) is 65.6 Å². The normalized spacial score (nSPS) is 10.1. The summed E-state index contributed by atoms with van der Waals surface area (Å²) in [5.74, 6) is 0. The molecular weight excluding hydrogens is 267 g/mol. The minimum absolute atomic E-state index is 0.585. The maximum atomic E-state index is 2.21. The van der Waals surface area contributed by atoms with Crippen LogP contribution in [0.3, 0.4) is 0 Å². The molecule has 0 fully saturated rings. The monoisotopic (exact) mass is 280 g/mol. The van der Waals surface area contributed by atoms with Crippen molar-refractivity contribution in [2.24, 2.45) is 0 Å². The molecule has 0 aliphatic heterocycles. The number of thioether (sulfide) groups is 1. The van der Waals surface area contributed by atoms with E-state index >= 15 is 0 Å². The van der Waals surface area contributed by atoms with Crippen LogP contribution in [0, 0.1) is 0 Å². The number of benzene rings is 2. The van der Waals surface area contributed by atoms with Crippen LogP contribution in [0.25, 0.3) is 0 Å². The molecule has 0 bridgehead atoms. The van der Waals surface area contributed by atoms with Crippen LogP contribution in [0.1, 0.15) is 0 Å². The van der Waals surface area contributed by atoms with E-state index in [-0.39, 0.29) is 0 Å². The molecule has 0 radical (unpaired) electrons. The maximum absolute atomic E-state index is 2.21. The Hall–Kier alpha value is -0.691. The average Bonchev–Trinajstić information content (AvgIpc) is 2.32. The first kappa shape index (κ1) is 10.8. The van der Waals surface area contributed by atoms with Crippen molar-refractivity contribution in [1.82, 2.24) is 0 Å². The van der Waals surface area contributed by atoms with E-state index in [1.165, 1.54) is 14.0 Å². The zero-order valence-electron chi connectivity index (χ0n) is 8.30. The molecule has 0 heterocycles. The van der Waals surface area contributed by atoms with Crippen molar-refractivity contribution in [1.29, 1.82) is 0 Å². The van der Waals surface area contributed by atoms with Crippen LogP contribution in [0.2, 0.25) is 0 Å². The summed E-state index contributed by atoms with van der Waals surface area (Å²) < 4.78 is 2.69. The van der Waals surface area contributed by atoms with Crippen LogP contribution >= 0.6 is 11.8 Å². The third-order valence-corrected chi connectivity index (χ3v) is 5.53. The Labute approximate surface area is 101 Å². The summed E-state index contributed by atoms with van der Waals surface area (Å²) in [6.07, 6.45) is 0. The first-order valence-corrected chi connectivity index (χ1v) is 7.86. The molecule has 0 atom stereocenters. The standard InChI is InChI=1S/C13H12SSe/c1-3-7-12(8-4-1)14-11-15-13-9-5-2-6-10-13/h1-10H,11H2. The molecule has 0 aliphatic carbocycles. The van der Waals surface area contributed by atoms with Crippen molar-refractivity contribution in [3.8, 4) is 0 Å². The van der Waals surface area contributed by atoms with Gasteiger partial charge in [-0.05, 0) is 0 Å². The van der Waals surface area contributed by atoms with Gasteiger partial charge < -0.3 is 0 Å². The van der Waals surface area contributed by atoms with Gasteiger partial charge in [-0.25, -0.2) is 0 Å². The van der Waals surface area contributed by atoms with Crippen LogP contribution in [0.4, 0.5) is 0 Å². The Morgan fingerprint density at radius 2 is 1.40 bits per heavy atom. The summed E-state index contributed by atoms with van der Waals surface area (Å²) in [5.41, 5.74) is 0. The van der Waals surface area contributed by atoms with Crippen LogP contribution in [-0.4, -0.2) is 19.6 Å². The molecule has 0 saturated heterocycles. The molecule has 2 aromatic rings. The van der Waals surface area contributed by atoms with E-state index in [2.05, 4.69) is 60.7 Å². The fourth-order valence-corrected chi connectivity index (χ4v) is 4.70. The van der Waals surface area contributed by atoms with Gasteiger partial charge in [-0.3, -0.25) is 0 Å². The zero-order chi connectivity index (χ0) is 10.3. The predicted molar refractivity (Wildman–Crippen MR) is 69.0 cm³/mol. The van der Waals surface area contributed by atoms with Gasteiger partial charge in [0.15, 0.2) is 0 Å². The number of rotatable bonds is 4. The summed E-state index contributed by atoms with van der Waals surface area (Å²) in [5, 5.41) is 0. The molecule has 2 rings (SSSR count). The molecule has 0 nitrogen and oxygen atoms in total. The van der Waals surface area contributed by atoms with E-state index in [1.54, 1.807) is 0 Å².